The molecule has 2 nitrogen and oxygen atoms in total. The Hall–Kier alpha value is -0.900. The molecule has 2 rings (SSSR count). The standard InChI is InChI=1S/C7H4BrFN2/c8-6-2-1-4-5(9)3-10-7(4)11-6/h1-3H,(H,10,11). The molecule has 4 heteroatoms. The fraction of sp³-hybridized carbons (Fsp3) is 0. The van der Waals surface area contributed by atoms with Gasteiger partial charge in [0.05, 0.1) is 5.39 Å². The Kier molecular flexibility index (Phi) is 1.42. The molecule has 0 amide bonds. The number of hydrogen-bond donors (Lipinski definition) is 1. The Morgan fingerprint density at radius 1 is 1.45 bits per heavy atom. The number of H-pyrrole nitrogens is 1. The molecule has 0 unspecified atom stereocenters. The Morgan fingerprint density at radius 3 is 3.09 bits per heavy atom. The summed E-state index contributed by atoms with van der Waals surface area (Å²) in [6, 6.07) is 3.39. The molecular weight excluding hydrogens is 211 g/mol. The van der Waals surface area contributed by atoms with Gasteiger partial charge in [-0.05, 0) is 28.1 Å². The summed E-state index contributed by atoms with van der Waals surface area (Å²) in [4.78, 5) is 6.73. The van der Waals surface area contributed by atoms with Gasteiger partial charge >= 0.3 is 0 Å². The molecule has 1 N–H and O–H groups in total. The third kappa shape index (κ3) is 1.03. The second-order valence-electron chi connectivity index (χ2n) is 2.17. The van der Waals surface area contributed by atoms with E-state index in [-0.39, 0.29) is 5.82 Å². The van der Waals surface area contributed by atoms with Gasteiger partial charge in [0.2, 0.25) is 0 Å². The van der Waals surface area contributed by atoms with Crippen molar-refractivity contribution in [3.63, 3.8) is 0 Å². The molecule has 56 valence electrons. The fourth-order valence-electron chi connectivity index (χ4n) is 0.948. The third-order valence-corrected chi connectivity index (χ3v) is 1.90. The number of halogens is 2. The van der Waals surface area contributed by atoms with Crippen LogP contribution >= 0.6 is 15.9 Å². The lowest BCUT2D eigenvalue weighted by molar-refractivity contribution is 0.639. The zero-order valence-corrected chi connectivity index (χ0v) is 7.02. The molecule has 0 aliphatic carbocycles. The minimum absolute atomic E-state index is 0.264. The summed E-state index contributed by atoms with van der Waals surface area (Å²) in [5.74, 6) is -0.264. The second-order valence-corrected chi connectivity index (χ2v) is 2.98. The van der Waals surface area contributed by atoms with Crippen LogP contribution in [0.15, 0.2) is 22.9 Å². The number of rotatable bonds is 0. The van der Waals surface area contributed by atoms with Crippen LogP contribution in [0.25, 0.3) is 11.0 Å². The van der Waals surface area contributed by atoms with Crippen LogP contribution < -0.4 is 0 Å². The van der Waals surface area contributed by atoms with E-state index in [1.54, 1.807) is 12.1 Å². The van der Waals surface area contributed by atoms with Crippen molar-refractivity contribution in [2.24, 2.45) is 0 Å². The second kappa shape index (κ2) is 2.30. The summed E-state index contributed by atoms with van der Waals surface area (Å²) < 4.78 is 13.5. The van der Waals surface area contributed by atoms with Gasteiger partial charge in [-0.15, -0.1) is 0 Å². The summed E-state index contributed by atoms with van der Waals surface area (Å²) in [7, 11) is 0. The molecule has 0 aliphatic rings. The third-order valence-electron chi connectivity index (χ3n) is 1.45. The minimum Gasteiger partial charge on any atom is -0.343 e. The van der Waals surface area contributed by atoms with E-state index in [1.165, 1.54) is 6.20 Å². The molecule has 0 atom stereocenters. The van der Waals surface area contributed by atoms with Crippen molar-refractivity contribution in [1.82, 2.24) is 9.97 Å². The number of fused-ring (bicyclic) bond motifs is 1. The fourth-order valence-corrected chi connectivity index (χ4v) is 1.26. The summed E-state index contributed by atoms with van der Waals surface area (Å²) in [6.07, 6.45) is 1.30. The van der Waals surface area contributed by atoms with Crippen molar-refractivity contribution in [1.29, 1.82) is 0 Å². The van der Waals surface area contributed by atoms with Crippen LogP contribution in [0.5, 0.6) is 0 Å². The first-order valence-corrected chi connectivity index (χ1v) is 3.86. The topological polar surface area (TPSA) is 28.7 Å². The van der Waals surface area contributed by atoms with Crippen LogP contribution in [-0.2, 0) is 0 Å². The van der Waals surface area contributed by atoms with Crippen LogP contribution in [0.3, 0.4) is 0 Å². The van der Waals surface area contributed by atoms with E-state index in [0.717, 1.165) is 0 Å². The first kappa shape index (κ1) is 6.79. The Morgan fingerprint density at radius 2 is 2.27 bits per heavy atom. The Bertz CT molecular complexity index is 396. The Labute approximate surface area is 70.6 Å². The van der Waals surface area contributed by atoms with E-state index < -0.39 is 0 Å². The molecule has 11 heavy (non-hydrogen) atoms. The first-order chi connectivity index (χ1) is 5.27. The monoisotopic (exact) mass is 214 g/mol. The molecule has 0 bridgehead atoms. The highest BCUT2D eigenvalue weighted by atomic mass is 79.9. The maximum Gasteiger partial charge on any atom is 0.150 e. The van der Waals surface area contributed by atoms with Crippen molar-refractivity contribution < 1.29 is 4.39 Å². The van der Waals surface area contributed by atoms with E-state index in [9.17, 15) is 4.39 Å². The molecule has 0 aromatic carbocycles. The largest absolute Gasteiger partial charge is 0.343 e. The first-order valence-electron chi connectivity index (χ1n) is 3.06. The molecule has 2 heterocycles. The summed E-state index contributed by atoms with van der Waals surface area (Å²) >= 11 is 3.19. The van der Waals surface area contributed by atoms with Crippen LogP contribution in [0.1, 0.15) is 0 Å². The van der Waals surface area contributed by atoms with Crippen LogP contribution in [0.4, 0.5) is 4.39 Å². The number of pyridine rings is 1. The van der Waals surface area contributed by atoms with Gasteiger partial charge in [0, 0.05) is 6.20 Å². The average molecular weight is 215 g/mol. The smallest absolute Gasteiger partial charge is 0.150 e. The number of aromatic nitrogens is 2. The summed E-state index contributed by atoms with van der Waals surface area (Å²) in [5, 5.41) is 0.521. The number of aromatic amines is 1. The van der Waals surface area contributed by atoms with Gasteiger partial charge in [-0.3, -0.25) is 0 Å². The highest BCUT2D eigenvalue weighted by Gasteiger charge is 2.02. The molecule has 2 aromatic rings. The van der Waals surface area contributed by atoms with Crippen molar-refractivity contribution in [2.45, 2.75) is 0 Å². The maximum absolute atomic E-state index is 12.8. The average Bonchev–Trinajstić information content (AvgIpc) is 2.32. The number of hydrogen-bond acceptors (Lipinski definition) is 1. The van der Waals surface area contributed by atoms with E-state index in [4.69, 9.17) is 0 Å². The van der Waals surface area contributed by atoms with Crippen molar-refractivity contribution >= 4 is 27.0 Å². The van der Waals surface area contributed by atoms with E-state index in [0.29, 0.717) is 15.6 Å². The molecule has 0 radical (unpaired) electrons. The van der Waals surface area contributed by atoms with Crippen LogP contribution in [0, 0.1) is 5.82 Å². The van der Waals surface area contributed by atoms with E-state index >= 15 is 0 Å². The summed E-state index contributed by atoms with van der Waals surface area (Å²) in [5.41, 5.74) is 0.567. The molecule has 0 saturated carbocycles. The van der Waals surface area contributed by atoms with Gasteiger partial charge in [-0.1, -0.05) is 0 Å². The van der Waals surface area contributed by atoms with Gasteiger partial charge in [0.1, 0.15) is 16.1 Å². The van der Waals surface area contributed by atoms with Gasteiger partial charge < -0.3 is 4.98 Å². The molecule has 0 fully saturated rings. The normalized spacial score (nSPS) is 10.7. The number of nitrogens with zero attached hydrogens (tertiary/aromatic N) is 1. The van der Waals surface area contributed by atoms with E-state index in [1.807, 2.05) is 0 Å². The highest BCUT2D eigenvalue weighted by molar-refractivity contribution is 9.10. The SMILES string of the molecule is Fc1c[nH]c2nc(Br)ccc12. The quantitative estimate of drug-likeness (QED) is 0.671. The van der Waals surface area contributed by atoms with E-state index in [2.05, 4.69) is 25.9 Å². The predicted octanol–water partition coefficient (Wildman–Crippen LogP) is 2.46. The van der Waals surface area contributed by atoms with Gasteiger partial charge in [-0.25, -0.2) is 9.37 Å². The van der Waals surface area contributed by atoms with Gasteiger partial charge in [0.25, 0.3) is 0 Å². The molecular formula is C7H4BrFN2. The lowest BCUT2D eigenvalue weighted by atomic mass is 10.3. The van der Waals surface area contributed by atoms with Gasteiger partial charge in [-0.2, -0.15) is 0 Å². The zero-order chi connectivity index (χ0) is 7.84. The minimum atomic E-state index is -0.264. The van der Waals surface area contributed by atoms with Crippen molar-refractivity contribution in [3.8, 4) is 0 Å². The molecule has 0 saturated heterocycles. The molecule has 2 aromatic heterocycles. The van der Waals surface area contributed by atoms with Crippen LogP contribution in [-0.4, -0.2) is 9.97 Å². The van der Waals surface area contributed by atoms with Crippen LogP contribution in [0.2, 0.25) is 0 Å². The van der Waals surface area contributed by atoms with Crippen molar-refractivity contribution in [2.75, 3.05) is 0 Å². The predicted molar refractivity (Wildman–Crippen MR) is 43.8 cm³/mol. The van der Waals surface area contributed by atoms with Gasteiger partial charge in [0.15, 0.2) is 0 Å². The molecule has 0 spiro atoms. The maximum atomic E-state index is 12.8. The van der Waals surface area contributed by atoms with Crippen molar-refractivity contribution in [3.05, 3.63) is 28.7 Å². The lowest BCUT2D eigenvalue weighted by Crippen LogP contribution is -1.76. The highest BCUT2D eigenvalue weighted by Crippen LogP contribution is 2.17. The Balaban J connectivity index is 2.86. The lowest BCUT2D eigenvalue weighted by Gasteiger charge is -1.88. The number of nitrogens with one attached hydrogen (secondary N) is 1. The molecule has 0 aliphatic heterocycles. The summed E-state index contributed by atoms with van der Waals surface area (Å²) in [6.45, 7) is 0. The zero-order valence-electron chi connectivity index (χ0n) is 5.44.